The zero-order valence-corrected chi connectivity index (χ0v) is 35.0. The van der Waals surface area contributed by atoms with Gasteiger partial charge in [-0.2, -0.15) is 0 Å². The van der Waals surface area contributed by atoms with Gasteiger partial charge in [-0.25, -0.2) is 4.79 Å². The van der Waals surface area contributed by atoms with Gasteiger partial charge in [-0.3, -0.25) is 9.59 Å². The van der Waals surface area contributed by atoms with Crippen molar-refractivity contribution < 1.29 is 42.9 Å². The number of aliphatic carboxylic acids is 1. The van der Waals surface area contributed by atoms with Crippen molar-refractivity contribution in [3.8, 4) is 0 Å². The van der Waals surface area contributed by atoms with E-state index in [1.54, 1.807) is 0 Å². The summed E-state index contributed by atoms with van der Waals surface area (Å²) >= 11 is 0. The molecule has 0 aromatic heterocycles. The molecule has 2 atom stereocenters. The molecular formula is C46H76NO8+. The number of ether oxygens (including phenoxy) is 4. The minimum absolute atomic E-state index is 0.132. The third-order valence-electron chi connectivity index (χ3n) is 8.16. The Bertz CT molecular complexity index is 1170. The summed E-state index contributed by atoms with van der Waals surface area (Å²) in [5.74, 6) is -2.15. The molecule has 0 saturated carbocycles. The molecule has 0 amide bonds. The number of carbonyl (C=O) groups is 3. The molecule has 312 valence electrons. The van der Waals surface area contributed by atoms with Gasteiger partial charge in [0, 0.05) is 12.8 Å². The summed E-state index contributed by atoms with van der Waals surface area (Å²) in [4.78, 5) is 37.0. The van der Waals surface area contributed by atoms with E-state index in [1.165, 1.54) is 19.3 Å². The lowest BCUT2D eigenvalue weighted by atomic mass is 10.1. The molecule has 0 aromatic carbocycles. The van der Waals surface area contributed by atoms with Crippen LogP contribution in [0.4, 0.5) is 0 Å². The molecule has 0 rings (SSSR count). The largest absolute Gasteiger partial charge is 0.477 e. The predicted molar refractivity (Wildman–Crippen MR) is 226 cm³/mol. The molecule has 9 nitrogen and oxygen atoms in total. The second kappa shape index (κ2) is 37.4. The third kappa shape index (κ3) is 38.5. The van der Waals surface area contributed by atoms with Crippen LogP contribution in [0, 0.1) is 0 Å². The van der Waals surface area contributed by atoms with Crippen LogP contribution in [0.15, 0.2) is 85.1 Å². The van der Waals surface area contributed by atoms with Crippen LogP contribution >= 0.6 is 0 Å². The molecule has 0 aliphatic rings. The molecule has 0 radical (unpaired) electrons. The van der Waals surface area contributed by atoms with Crippen molar-refractivity contribution in [1.82, 2.24) is 0 Å². The Labute approximate surface area is 334 Å². The lowest BCUT2D eigenvalue weighted by Crippen LogP contribution is -2.40. The van der Waals surface area contributed by atoms with Gasteiger partial charge in [0.15, 0.2) is 6.10 Å². The van der Waals surface area contributed by atoms with Crippen LogP contribution in [0.1, 0.15) is 129 Å². The number of carboxylic acid groups (broad SMARTS) is 1. The fourth-order valence-corrected chi connectivity index (χ4v) is 4.98. The number of likely N-dealkylation sites (N-methyl/N-ethyl adjacent to an activating group) is 1. The molecule has 55 heavy (non-hydrogen) atoms. The first kappa shape index (κ1) is 51.5. The number of allylic oxidation sites excluding steroid dienone is 14. The van der Waals surface area contributed by atoms with Crippen LogP contribution in [-0.4, -0.2) is 87.4 Å². The number of carboxylic acids is 1. The van der Waals surface area contributed by atoms with Crippen molar-refractivity contribution in [3.05, 3.63) is 85.1 Å². The highest BCUT2D eigenvalue weighted by molar-refractivity contribution is 5.71. The maximum atomic E-state index is 12.7. The van der Waals surface area contributed by atoms with Crippen LogP contribution in [0.3, 0.4) is 0 Å². The van der Waals surface area contributed by atoms with Gasteiger partial charge < -0.3 is 28.5 Å². The molecule has 0 spiro atoms. The molecule has 0 aliphatic heterocycles. The summed E-state index contributed by atoms with van der Waals surface area (Å²) in [6.07, 6.45) is 43.8. The number of rotatable bonds is 36. The van der Waals surface area contributed by atoms with Crippen molar-refractivity contribution in [1.29, 1.82) is 0 Å². The van der Waals surface area contributed by atoms with E-state index >= 15 is 0 Å². The Kier molecular flexibility index (Phi) is 35.0. The number of nitrogens with zero attached hydrogens (tertiary/aromatic N) is 1. The smallest absolute Gasteiger partial charge is 0.361 e. The number of hydrogen-bond donors (Lipinski definition) is 1. The Balaban J connectivity index is 4.59. The Morgan fingerprint density at radius 2 is 1.02 bits per heavy atom. The standard InChI is InChI=1S/C46H75NO8/c1-6-8-10-12-14-16-18-20-21-22-23-25-26-28-30-32-34-36-43(48)53-40-42(41-54-46(45(50)51)52-39-38-47(3,4)5)55-44(49)37-35-33-31-29-27-24-19-17-15-13-11-9-7-2/h8-11,14-17,20-21,24,27,31,33,42,46H,6-7,12-13,18-19,22-23,25-26,28-30,32,34-41H2,1-5H3/p+1/b10-8-,11-9-,16-14-,17-15-,21-20-,27-24-,33-31-. The van der Waals surface area contributed by atoms with Crippen LogP contribution in [-0.2, 0) is 33.3 Å². The highest BCUT2D eigenvalue weighted by atomic mass is 16.7. The van der Waals surface area contributed by atoms with E-state index in [0.717, 1.165) is 77.0 Å². The molecule has 0 fully saturated rings. The van der Waals surface area contributed by atoms with Crippen LogP contribution in [0.5, 0.6) is 0 Å². The van der Waals surface area contributed by atoms with Crippen LogP contribution in [0.25, 0.3) is 0 Å². The minimum Gasteiger partial charge on any atom is -0.477 e. The Morgan fingerprint density at radius 3 is 1.53 bits per heavy atom. The zero-order valence-electron chi connectivity index (χ0n) is 35.0. The molecule has 0 aromatic rings. The Morgan fingerprint density at radius 1 is 0.545 bits per heavy atom. The van der Waals surface area contributed by atoms with Crippen molar-refractivity contribution in [2.45, 2.75) is 142 Å². The second-order valence-corrected chi connectivity index (χ2v) is 14.5. The first-order chi connectivity index (χ1) is 26.6. The average molecular weight is 771 g/mol. The highest BCUT2D eigenvalue weighted by Crippen LogP contribution is 2.12. The van der Waals surface area contributed by atoms with Crippen molar-refractivity contribution in [2.75, 3.05) is 47.5 Å². The van der Waals surface area contributed by atoms with E-state index < -0.39 is 24.3 Å². The molecule has 2 unspecified atom stereocenters. The molecule has 0 bridgehead atoms. The fourth-order valence-electron chi connectivity index (χ4n) is 4.98. The zero-order chi connectivity index (χ0) is 40.7. The van der Waals surface area contributed by atoms with Gasteiger partial charge in [-0.05, 0) is 70.6 Å². The van der Waals surface area contributed by atoms with Gasteiger partial charge >= 0.3 is 17.9 Å². The quantitative estimate of drug-likeness (QED) is 0.0221. The lowest BCUT2D eigenvalue weighted by molar-refractivity contribution is -0.870. The summed E-state index contributed by atoms with van der Waals surface area (Å²) in [7, 11) is 5.91. The van der Waals surface area contributed by atoms with Gasteiger partial charge in [0.25, 0.3) is 6.29 Å². The van der Waals surface area contributed by atoms with E-state index in [0.29, 0.717) is 17.4 Å². The minimum atomic E-state index is -1.53. The average Bonchev–Trinajstić information content (AvgIpc) is 3.14. The molecular weight excluding hydrogens is 695 g/mol. The Hall–Kier alpha value is -3.53. The van der Waals surface area contributed by atoms with Gasteiger partial charge in [0.2, 0.25) is 0 Å². The fraction of sp³-hybridized carbons (Fsp3) is 0.630. The maximum Gasteiger partial charge on any atom is 0.361 e. The summed E-state index contributed by atoms with van der Waals surface area (Å²) in [6.45, 7) is 4.51. The highest BCUT2D eigenvalue weighted by Gasteiger charge is 2.25. The normalized spacial score (nSPS) is 13.8. The predicted octanol–water partition coefficient (Wildman–Crippen LogP) is 10.5. The van der Waals surface area contributed by atoms with Gasteiger partial charge in [0.1, 0.15) is 13.2 Å². The summed E-state index contributed by atoms with van der Waals surface area (Å²) in [5, 5.41) is 9.60. The van der Waals surface area contributed by atoms with Gasteiger partial charge in [-0.15, -0.1) is 0 Å². The number of unbranched alkanes of at least 4 members (excludes halogenated alkanes) is 7. The second-order valence-electron chi connectivity index (χ2n) is 14.5. The van der Waals surface area contributed by atoms with E-state index in [4.69, 9.17) is 18.9 Å². The first-order valence-electron chi connectivity index (χ1n) is 20.8. The van der Waals surface area contributed by atoms with E-state index in [2.05, 4.69) is 86.8 Å². The molecule has 0 heterocycles. The van der Waals surface area contributed by atoms with Crippen molar-refractivity contribution >= 4 is 17.9 Å². The molecule has 0 aliphatic carbocycles. The summed E-state index contributed by atoms with van der Waals surface area (Å²) < 4.78 is 22.6. The monoisotopic (exact) mass is 771 g/mol. The number of carbonyl (C=O) groups excluding carboxylic acids is 2. The molecule has 1 N–H and O–H groups in total. The topological polar surface area (TPSA) is 108 Å². The number of quaternary nitrogens is 1. The molecule has 9 heteroatoms. The summed E-state index contributed by atoms with van der Waals surface area (Å²) in [6, 6.07) is 0. The van der Waals surface area contributed by atoms with Gasteiger partial charge in [0.05, 0.1) is 34.4 Å². The van der Waals surface area contributed by atoms with Crippen molar-refractivity contribution in [2.24, 2.45) is 0 Å². The molecule has 0 saturated heterocycles. The van der Waals surface area contributed by atoms with E-state index in [9.17, 15) is 19.5 Å². The SMILES string of the molecule is CC/C=C\C/C=C\C/C=C\C/C=C\CCC(=O)OC(COC(=O)CCCCCCCCC/C=C\C/C=C\C/C=C\CC)COC(OCC[N+](C)(C)C)C(=O)O. The van der Waals surface area contributed by atoms with E-state index in [-0.39, 0.29) is 38.6 Å². The van der Waals surface area contributed by atoms with Crippen LogP contribution in [0.2, 0.25) is 0 Å². The van der Waals surface area contributed by atoms with E-state index in [1.807, 2.05) is 33.3 Å². The van der Waals surface area contributed by atoms with Crippen LogP contribution < -0.4 is 0 Å². The summed E-state index contributed by atoms with van der Waals surface area (Å²) in [5.41, 5.74) is 0. The lowest BCUT2D eigenvalue weighted by Gasteiger charge is -2.25. The maximum absolute atomic E-state index is 12.7. The third-order valence-corrected chi connectivity index (χ3v) is 8.16. The van der Waals surface area contributed by atoms with Gasteiger partial charge in [-0.1, -0.05) is 131 Å². The number of hydrogen-bond acceptors (Lipinski definition) is 7. The number of esters is 2. The first-order valence-corrected chi connectivity index (χ1v) is 20.8. The van der Waals surface area contributed by atoms with Crippen molar-refractivity contribution in [3.63, 3.8) is 0 Å².